The fourth-order valence-electron chi connectivity index (χ4n) is 1.01. The van der Waals surface area contributed by atoms with Crippen molar-refractivity contribution in [3.8, 4) is 0 Å². The third-order valence-electron chi connectivity index (χ3n) is 1.68. The molecule has 2 aromatic heterocycles. The Labute approximate surface area is 95.3 Å². The first kappa shape index (κ1) is 10.3. The van der Waals surface area contributed by atoms with Gasteiger partial charge in [-0.05, 0) is 29.2 Å². The van der Waals surface area contributed by atoms with E-state index in [0.717, 1.165) is 15.7 Å². The van der Waals surface area contributed by atoms with Gasteiger partial charge in [-0.25, -0.2) is 15.8 Å². The molecular formula is C8H9N5S2. The van der Waals surface area contributed by atoms with Gasteiger partial charge in [0.1, 0.15) is 12.1 Å². The van der Waals surface area contributed by atoms with Crippen molar-refractivity contribution >= 4 is 29.1 Å². The molecule has 0 aliphatic heterocycles. The predicted molar refractivity (Wildman–Crippen MR) is 61.5 cm³/mol. The summed E-state index contributed by atoms with van der Waals surface area (Å²) in [6.07, 6.45) is 3.29. The fraction of sp³-hybridized carbons (Fsp3) is 0.125. The van der Waals surface area contributed by atoms with E-state index in [1.54, 1.807) is 24.3 Å². The highest BCUT2D eigenvalue weighted by molar-refractivity contribution is 8.00. The first-order valence-corrected chi connectivity index (χ1v) is 5.95. The maximum absolute atomic E-state index is 5.27. The van der Waals surface area contributed by atoms with Crippen molar-refractivity contribution in [3.05, 3.63) is 30.2 Å². The highest BCUT2D eigenvalue weighted by atomic mass is 32.2. The molecule has 0 fully saturated rings. The predicted octanol–water partition coefficient (Wildman–Crippen LogP) is 1.51. The van der Waals surface area contributed by atoms with Gasteiger partial charge in [-0.15, -0.1) is 0 Å². The molecule has 0 saturated carbocycles. The summed E-state index contributed by atoms with van der Waals surface area (Å²) < 4.78 is 4.90. The van der Waals surface area contributed by atoms with Crippen molar-refractivity contribution < 1.29 is 0 Å². The number of nitrogens with zero attached hydrogens (tertiary/aromatic N) is 3. The average molecular weight is 239 g/mol. The first-order valence-electron chi connectivity index (χ1n) is 4.19. The Morgan fingerprint density at radius 1 is 1.47 bits per heavy atom. The molecule has 0 spiro atoms. The second kappa shape index (κ2) is 5.06. The number of hydrazine groups is 1. The van der Waals surface area contributed by atoms with Crippen LogP contribution in [0, 0.1) is 0 Å². The number of pyridine rings is 1. The van der Waals surface area contributed by atoms with Crippen molar-refractivity contribution in [1.29, 1.82) is 0 Å². The minimum Gasteiger partial charge on any atom is -0.308 e. The van der Waals surface area contributed by atoms with E-state index in [4.69, 9.17) is 5.84 Å². The highest BCUT2D eigenvalue weighted by Crippen LogP contribution is 2.23. The van der Waals surface area contributed by atoms with Crippen molar-refractivity contribution in [2.45, 2.75) is 10.1 Å². The SMILES string of the molecule is NNc1cc(CSc2ncns2)ccn1. The van der Waals surface area contributed by atoms with Gasteiger partial charge in [-0.2, -0.15) is 4.37 Å². The molecule has 3 N–H and O–H groups in total. The lowest BCUT2D eigenvalue weighted by Crippen LogP contribution is -2.08. The van der Waals surface area contributed by atoms with Crippen LogP contribution in [0.15, 0.2) is 29.0 Å². The summed E-state index contributed by atoms with van der Waals surface area (Å²) in [5.74, 6) is 6.78. The van der Waals surface area contributed by atoms with Gasteiger partial charge >= 0.3 is 0 Å². The number of nitrogens with two attached hydrogens (primary N) is 1. The van der Waals surface area contributed by atoms with Crippen LogP contribution >= 0.6 is 23.3 Å². The second-order valence-corrected chi connectivity index (χ2v) is 4.69. The summed E-state index contributed by atoms with van der Waals surface area (Å²) in [4.78, 5) is 8.12. The Morgan fingerprint density at radius 3 is 3.13 bits per heavy atom. The molecule has 0 aliphatic rings. The number of rotatable bonds is 4. The zero-order valence-corrected chi connectivity index (χ0v) is 9.38. The van der Waals surface area contributed by atoms with Crippen LogP contribution in [0.3, 0.4) is 0 Å². The van der Waals surface area contributed by atoms with E-state index in [1.165, 1.54) is 11.5 Å². The topological polar surface area (TPSA) is 76.7 Å². The fourth-order valence-corrected chi connectivity index (χ4v) is 2.40. The van der Waals surface area contributed by atoms with Crippen molar-refractivity contribution in [3.63, 3.8) is 0 Å². The van der Waals surface area contributed by atoms with Crippen LogP contribution in [0.4, 0.5) is 5.82 Å². The molecule has 2 aromatic rings. The molecule has 2 rings (SSSR count). The average Bonchev–Trinajstić information content (AvgIpc) is 2.79. The summed E-state index contributed by atoms with van der Waals surface area (Å²) in [6, 6.07) is 3.86. The molecule has 2 heterocycles. The maximum Gasteiger partial charge on any atom is 0.170 e. The van der Waals surface area contributed by atoms with Gasteiger partial charge in [0.2, 0.25) is 0 Å². The molecular weight excluding hydrogens is 230 g/mol. The molecule has 0 unspecified atom stereocenters. The van der Waals surface area contributed by atoms with Gasteiger partial charge in [0, 0.05) is 11.9 Å². The zero-order valence-electron chi connectivity index (χ0n) is 7.75. The van der Waals surface area contributed by atoms with E-state index >= 15 is 0 Å². The van der Waals surface area contributed by atoms with E-state index in [1.807, 2.05) is 12.1 Å². The number of nitrogens with one attached hydrogen (secondary N) is 1. The molecule has 78 valence electrons. The van der Waals surface area contributed by atoms with E-state index < -0.39 is 0 Å². The van der Waals surface area contributed by atoms with Gasteiger partial charge in [0.25, 0.3) is 0 Å². The van der Waals surface area contributed by atoms with E-state index in [0.29, 0.717) is 5.82 Å². The van der Waals surface area contributed by atoms with Crippen LogP contribution in [-0.2, 0) is 5.75 Å². The monoisotopic (exact) mass is 239 g/mol. The molecule has 0 amide bonds. The number of thioether (sulfide) groups is 1. The molecule has 15 heavy (non-hydrogen) atoms. The Balaban J connectivity index is 1.98. The molecule has 0 radical (unpaired) electrons. The van der Waals surface area contributed by atoms with Crippen molar-refractivity contribution in [2.75, 3.05) is 5.43 Å². The van der Waals surface area contributed by atoms with Gasteiger partial charge in [0.15, 0.2) is 4.34 Å². The second-order valence-electron chi connectivity index (χ2n) is 2.69. The summed E-state index contributed by atoms with van der Waals surface area (Å²) in [5, 5.41) is 0. The molecule has 5 nitrogen and oxygen atoms in total. The Hall–Kier alpha value is -1.18. The number of aromatic nitrogens is 3. The van der Waals surface area contributed by atoms with Crippen LogP contribution in [0.25, 0.3) is 0 Å². The largest absolute Gasteiger partial charge is 0.308 e. The van der Waals surface area contributed by atoms with Crippen molar-refractivity contribution in [2.24, 2.45) is 5.84 Å². The quantitative estimate of drug-likeness (QED) is 0.478. The smallest absolute Gasteiger partial charge is 0.170 e. The Bertz CT molecular complexity index is 417. The van der Waals surface area contributed by atoms with E-state index in [9.17, 15) is 0 Å². The normalized spacial score (nSPS) is 10.2. The van der Waals surface area contributed by atoms with Gasteiger partial charge in [-0.1, -0.05) is 11.8 Å². The van der Waals surface area contributed by atoms with E-state index in [-0.39, 0.29) is 0 Å². The molecule has 7 heteroatoms. The third kappa shape index (κ3) is 2.88. The summed E-state index contributed by atoms with van der Waals surface area (Å²) in [6.45, 7) is 0. The summed E-state index contributed by atoms with van der Waals surface area (Å²) >= 11 is 3.05. The number of anilines is 1. The van der Waals surface area contributed by atoms with Crippen LogP contribution in [0.2, 0.25) is 0 Å². The lowest BCUT2D eigenvalue weighted by molar-refractivity contribution is 1.19. The van der Waals surface area contributed by atoms with E-state index in [2.05, 4.69) is 19.8 Å². The minimum atomic E-state index is 0.672. The lowest BCUT2D eigenvalue weighted by atomic mass is 10.3. The highest BCUT2D eigenvalue weighted by Gasteiger charge is 2.00. The third-order valence-corrected chi connectivity index (χ3v) is 3.54. The maximum atomic E-state index is 5.27. The molecule has 0 bridgehead atoms. The minimum absolute atomic E-state index is 0.672. The van der Waals surface area contributed by atoms with Gasteiger partial charge in [-0.3, -0.25) is 0 Å². The number of nitrogen functional groups attached to an aromatic ring is 1. The van der Waals surface area contributed by atoms with Crippen molar-refractivity contribution in [1.82, 2.24) is 14.3 Å². The van der Waals surface area contributed by atoms with Crippen LogP contribution in [-0.4, -0.2) is 14.3 Å². The van der Waals surface area contributed by atoms with Crippen LogP contribution < -0.4 is 11.3 Å². The van der Waals surface area contributed by atoms with Gasteiger partial charge in [0.05, 0.1) is 0 Å². The van der Waals surface area contributed by atoms with Gasteiger partial charge < -0.3 is 5.43 Å². The standard InChI is InChI=1S/C8H9N5S2/c9-13-7-3-6(1-2-10-7)4-14-8-11-5-12-15-8/h1-3,5H,4,9H2,(H,10,13). The summed E-state index contributed by atoms with van der Waals surface area (Å²) in [7, 11) is 0. The molecule has 0 aliphatic carbocycles. The molecule has 0 atom stereocenters. The Kier molecular flexibility index (Phi) is 3.49. The van der Waals surface area contributed by atoms with Crippen LogP contribution in [0.1, 0.15) is 5.56 Å². The lowest BCUT2D eigenvalue weighted by Gasteiger charge is -2.01. The molecule has 0 saturated heterocycles. The van der Waals surface area contributed by atoms with Crippen LogP contribution in [0.5, 0.6) is 0 Å². The number of hydrogen-bond donors (Lipinski definition) is 2. The first-order chi connectivity index (χ1) is 7.38. The molecule has 0 aromatic carbocycles. The Morgan fingerprint density at radius 2 is 2.40 bits per heavy atom. The zero-order chi connectivity index (χ0) is 10.5. The number of hydrogen-bond acceptors (Lipinski definition) is 7. The summed E-state index contributed by atoms with van der Waals surface area (Å²) in [5.41, 5.74) is 3.67.